The van der Waals surface area contributed by atoms with Gasteiger partial charge in [-0.3, -0.25) is 0 Å². The van der Waals surface area contributed by atoms with Crippen LogP contribution in [0.1, 0.15) is 13.8 Å². The van der Waals surface area contributed by atoms with Gasteiger partial charge in [-0.05, 0) is 32.0 Å². The highest BCUT2D eigenvalue weighted by atomic mass is 32.2. The number of anilines is 1. The van der Waals surface area contributed by atoms with Crippen LogP contribution in [0, 0.1) is 18.2 Å². The summed E-state index contributed by atoms with van der Waals surface area (Å²) in [7, 11) is -3.89. The highest BCUT2D eigenvalue weighted by Crippen LogP contribution is 2.17. The second kappa shape index (κ2) is 4.35. The summed E-state index contributed by atoms with van der Waals surface area (Å²) in [6, 6.07) is 3.08. The van der Waals surface area contributed by atoms with Crippen molar-refractivity contribution < 1.29 is 12.8 Å². The van der Waals surface area contributed by atoms with E-state index in [0.29, 0.717) is 0 Å². The zero-order chi connectivity index (χ0) is 13.3. The van der Waals surface area contributed by atoms with E-state index in [1.54, 1.807) is 0 Å². The lowest BCUT2D eigenvalue weighted by molar-refractivity contribution is 0.537. The van der Waals surface area contributed by atoms with Gasteiger partial charge in [-0.1, -0.05) is 5.92 Å². The summed E-state index contributed by atoms with van der Waals surface area (Å²) in [5.74, 6) is 1.56. The number of rotatable bonds is 3. The molecule has 0 radical (unpaired) electrons. The summed E-state index contributed by atoms with van der Waals surface area (Å²) in [6.07, 6.45) is 5.18. The molecule has 3 N–H and O–H groups in total. The molecule has 0 fully saturated rings. The normalized spacial score (nSPS) is 12.1. The van der Waals surface area contributed by atoms with Crippen molar-refractivity contribution in [3.63, 3.8) is 0 Å². The van der Waals surface area contributed by atoms with Crippen molar-refractivity contribution in [3.8, 4) is 12.3 Å². The van der Waals surface area contributed by atoms with Crippen LogP contribution >= 0.6 is 0 Å². The van der Waals surface area contributed by atoms with Crippen molar-refractivity contribution in [2.75, 3.05) is 5.73 Å². The molecule has 0 aliphatic rings. The second-order valence-electron chi connectivity index (χ2n) is 4.10. The van der Waals surface area contributed by atoms with Gasteiger partial charge in [0.1, 0.15) is 5.82 Å². The summed E-state index contributed by atoms with van der Waals surface area (Å²) < 4.78 is 39.1. The molecule has 0 saturated heterocycles. The maximum Gasteiger partial charge on any atom is 0.242 e. The molecular formula is C11H13FN2O2S. The molecule has 0 unspecified atom stereocenters. The first-order valence-corrected chi connectivity index (χ1v) is 6.22. The first kappa shape index (κ1) is 13.5. The minimum Gasteiger partial charge on any atom is -0.399 e. The Morgan fingerprint density at radius 1 is 1.41 bits per heavy atom. The number of nitrogens with two attached hydrogens (primary N) is 1. The quantitative estimate of drug-likeness (QED) is 0.628. The fourth-order valence-corrected chi connectivity index (χ4v) is 2.57. The Labute approximate surface area is 100 Å². The molecule has 1 aromatic carbocycles. The zero-order valence-corrected chi connectivity index (χ0v) is 10.3. The Bertz CT molecular complexity index is 553. The molecule has 17 heavy (non-hydrogen) atoms. The number of benzene rings is 1. The fraction of sp³-hybridized carbons (Fsp3) is 0.273. The number of nitrogens with one attached hydrogen (secondary N) is 1. The monoisotopic (exact) mass is 256 g/mol. The number of sulfonamides is 1. The van der Waals surface area contributed by atoms with Gasteiger partial charge in [0.25, 0.3) is 0 Å². The standard InChI is InChI=1S/C11H13FN2O2S/c1-4-11(2,3)14-17(15,16)10-6-8(12)5-9(13)7-10/h1,5-7,14H,13H2,2-3H3. The van der Waals surface area contributed by atoms with Gasteiger partial charge in [0.15, 0.2) is 0 Å². The third-order valence-electron chi connectivity index (χ3n) is 1.95. The van der Waals surface area contributed by atoms with Crippen molar-refractivity contribution in [2.45, 2.75) is 24.3 Å². The van der Waals surface area contributed by atoms with Gasteiger partial charge in [-0.15, -0.1) is 6.42 Å². The molecule has 4 nitrogen and oxygen atoms in total. The minimum atomic E-state index is -3.89. The van der Waals surface area contributed by atoms with Crippen molar-refractivity contribution in [3.05, 3.63) is 24.0 Å². The van der Waals surface area contributed by atoms with Crippen molar-refractivity contribution in [1.29, 1.82) is 0 Å². The van der Waals surface area contributed by atoms with Crippen LogP contribution in [0.15, 0.2) is 23.1 Å². The SMILES string of the molecule is C#CC(C)(C)NS(=O)(=O)c1cc(N)cc(F)c1. The predicted octanol–water partition coefficient (Wildman–Crippen LogP) is 1.10. The largest absolute Gasteiger partial charge is 0.399 e. The lowest BCUT2D eigenvalue weighted by atomic mass is 10.1. The van der Waals surface area contributed by atoms with E-state index in [0.717, 1.165) is 18.2 Å². The highest BCUT2D eigenvalue weighted by Gasteiger charge is 2.24. The molecule has 0 spiro atoms. The zero-order valence-electron chi connectivity index (χ0n) is 9.49. The third-order valence-corrected chi connectivity index (χ3v) is 3.59. The van der Waals surface area contributed by atoms with Crippen LogP contribution in [0.2, 0.25) is 0 Å². The minimum absolute atomic E-state index is 0.0314. The topological polar surface area (TPSA) is 72.2 Å². The summed E-state index contributed by atoms with van der Waals surface area (Å²) in [5, 5.41) is 0. The summed E-state index contributed by atoms with van der Waals surface area (Å²) in [6.45, 7) is 3.04. The molecule has 1 aromatic rings. The molecule has 0 heterocycles. The molecule has 0 aliphatic heterocycles. The van der Waals surface area contributed by atoms with Crippen LogP contribution in [0.3, 0.4) is 0 Å². The Hall–Kier alpha value is -1.58. The van der Waals surface area contributed by atoms with Gasteiger partial charge in [0.2, 0.25) is 10.0 Å². The van der Waals surface area contributed by atoms with E-state index in [9.17, 15) is 12.8 Å². The number of hydrogen-bond acceptors (Lipinski definition) is 3. The van der Waals surface area contributed by atoms with Crippen LogP contribution in [-0.2, 0) is 10.0 Å². The number of hydrogen-bond donors (Lipinski definition) is 2. The van der Waals surface area contributed by atoms with E-state index in [1.807, 2.05) is 0 Å². The summed E-state index contributed by atoms with van der Waals surface area (Å²) in [4.78, 5) is -0.252. The fourth-order valence-electron chi connectivity index (χ4n) is 1.16. The second-order valence-corrected chi connectivity index (χ2v) is 5.78. The van der Waals surface area contributed by atoms with Crippen LogP contribution in [0.25, 0.3) is 0 Å². The smallest absolute Gasteiger partial charge is 0.242 e. The van der Waals surface area contributed by atoms with Gasteiger partial charge >= 0.3 is 0 Å². The molecule has 0 atom stereocenters. The van der Waals surface area contributed by atoms with Crippen molar-refractivity contribution in [2.24, 2.45) is 0 Å². The Morgan fingerprint density at radius 3 is 2.47 bits per heavy atom. The maximum atomic E-state index is 13.1. The molecule has 0 aromatic heterocycles. The van der Waals surface area contributed by atoms with E-state index in [1.165, 1.54) is 13.8 Å². The first-order chi connectivity index (χ1) is 7.66. The lowest BCUT2D eigenvalue weighted by Crippen LogP contribution is -2.42. The van der Waals surface area contributed by atoms with E-state index in [-0.39, 0.29) is 10.6 Å². The molecule has 92 valence electrons. The number of nitrogen functional groups attached to an aromatic ring is 1. The van der Waals surface area contributed by atoms with Gasteiger partial charge in [-0.2, -0.15) is 4.72 Å². The molecule has 6 heteroatoms. The summed E-state index contributed by atoms with van der Waals surface area (Å²) in [5.41, 5.74) is 4.36. The molecular weight excluding hydrogens is 243 g/mol. The van der Waals surface area contributed by atoms with Crippen LogP contribution in [0.4, 0.5) is 10.1 Å². The van der Waals surface area contributed by atoms with Crippen LogP contribution < -0.4 is 10.5 Å². The predicted molar refractivity (Wildman–Crippen MR) is 64.0 cm³/mol. The van der Waals surface area contributed by atoms with E-state index in [4.69, 9.17) is 12.2 Å². The van der Waals surface area contributed by atoms with Gasteiger partial charge in [0.05, 0.1) is 10.4 Å². The van der Waals surface area contributed by atoms with Crippen LogP contribution in [-0.4, -0.2) is 14.0 Å². The van der Waals surface area contributed by atoms with E-state index in [2.05, 4.69) is 10.6 Å². The highest BCUT2D eigenvalue weighted by molar-refractivity contribution is 7.89. The van der Waals surface area contributed by atoms with Crippen molar-refractivity contribution in [1.82, 2.24) is 4.72 Å². The Balaban J connectivity index is 3.20. The first-order valence-electron chi connectivity index (χ1n) is 4.74. The van der Waals surface area contributed by atoms with Crippen LogP contribution in [0.5, 0.6) is 0 Å². The molecule has 0 amide bonds. The van der Waals surface area contributed by atoms with E-state index < -0.39 is 21.4 Å². The molecule has 0 aliphatic carbocycles. The average molecular weight is 256 g/mol. The molecule has 0 saturated carbocycles. The third kappa shape index (κ3) is 3.44. The molecule has 1 rings (SSSR count). The van der Waals surface area contributed by atoms with Gasteiger partial charge in [0, 0.05) is 5.69 Å². The number of halogens is 1. The Morgan fingerprint density at radius 2 is 2.00 bits per heavy atom. The lowest BCUT2D eigenvalue weighted by Gasteiger charge is -2.19. The van der Waals surface area contributed by atoms with Crippen molar-refractivity contribution >= 4 is 15.7 Å². The maximum absolute atomic E-state index is 13.1. The average Bonchev–Trinajstić information content (AvgIpc) is 2.14. The van der Waals surface area contributed by atoms with Gasteiger partial charge < -0.3 is 5.73 Å². The summed E-state index contributed by atoms with van der Waals surface area (Å²) >= 11 is 0. The van der Waals surface area contributed by atoms with E-state index >= 15 is 0 Å². The Kier molecular flexibility index (Phi) is 3.45. The van der Waals surface area contributed by atoms with Gasteiger partial charge in [-0.25, -0.2) is 12.8 Å². The molecule has 0 bridgehead atoms. The number of terminal acetylenes is 1.